The molecule has 3 nitrogen and oxygen atoms in total. The van der Waals surface area contributed by atoms with Gasteiger partial charge in [0.25, 0.3) is 0 Å². The van der Waals surface area contributed by atoms with Gasteiger partial charge in [-0.1, -0.05) is 41.9 Å². The van der Waals surface area contributed by atoms with Gasteiger partial charge in [-0.25, -0.2) is 0 Å². The molecule has 0 fully saturated rings. The molecule has 1 aliphatic rings. The van der Waals surface area contributed by atoms with Gasteiger partial charge in [-0.3, -0.25) is 9.79 Å². The normalized spacial score (nSPS) is 14.2. The largest absolute Gasteiger partial charge is 0.312 e. The summed E-state index contributed by atoms with van der Waals surface area (Å²) in [7, 11) is 0. The van der Waals surface area contributed by atoms with Crippen molar-refractivity contribution < 1.29 is 4.79 Å². The number of hydrogen-bond donors (Lipinski definition) is 0. The number of benzene rings is 2. The molecular formula is C16H13ClN2O. The molecule has 3 rings (SSSR count). The van der Waals surface area contributed by atoms with E-state index in [1.165, 1.54) is 0 Å². The van der Waals surface area contributed by atoms with Crippen LogP contribution >= 0.6 is 11.6 Å². The molecule has 0 saturated carbocycles. The van der Waals surface area contributed by atoms with Crippen molar-refractivity contribution in [1.29, 1.82) is 0 Å². The fourth-order valence-electron chi connectivity index (χ4n) is 2.38. The fourth-order valence-corrected chi connectivity index (χ4v) is 2.55. The van der Waals surface area contributed by atoms with Crippen LogP contribution < -0.4 is 4.90 Å². The lowest BCUT2D eigenvalue weighted by Crippen LogP contribution is -2.24. The first-order valence-electron chi connectivity index (χ1n) is 6.41. The summed E-state index contributed by atoms with van der Waals surface area (Å²) in [5.41, 5.74) is 3.66. The molecule has 2 aromatic carbocycles. The van der Waals surface area contributed by atoms with Crippen molar-refractivity contribution in [3.05, 3.63) is 64.7 Å². The Kier molecular flexibility index (Phi) is 3.52. The standard InChI is InChI=1S/C16H13ClN2O/c17-13-6-7-15-14(10-13)16(12-4-2-1-3-5-12)18-8-9-19(15)11-20/h1-7,10-11H,8-9H2. The van der Waals surface area contributed by atoms with Crippen molar-refractivity contribution in [2.24, 2.45) is 4.99 Å². The zero-order valence-electron chi connectivity index (χ0n) is 10.8. The third-order valence-corrected chi connectivity index (χ3v) is 3.54. The molecule has 0 N–H and O–H groups in total. The summed E-state index contributed by atoms with van der Waals surface area (Å²) >= 11 is 6.11. The topological polar surface area (TPSA) is 32.7 Å². The summed E-state index contributed by atoms with van der Waals surface area (Å²) in [5, 5.41) is 0.639. The van der Waals surface area contributed by atoms with Crippen LogP contribution in [0.15, 0.2) is 53.5 Å². The number of rotatable bonds is 2. The molecule has 100 valence electrons. The van der Waals surface area contributed by atoms with Crippen LogP contribution in [-0.4, -0.2) is 25.2 Å². The predicted octanol–water partition coefficient (Wildman–Crippen LogP) is 3.15. The minimum Gasteiger partial charge on any atom is -0.312 e. The highest BCUT2D eigenvalue weighted by molar-refractivity contribution is 6.31. The summed E-state index contributed by atoms with van der Waals surface area (Å²) in [6, 6.07) is 15.5. The fraction of sp³-hybridized carbons (Fsp3) is 0.125. The second-order valence-electron chi connectivity index (χ2n) is 4.56. The number of amides is 1. The van der Waals surface area contributed by atoms with Gasteiger partial charge in [-0.05, 0) is 18.2 Å². The van der Waals surface area contributed by atoms with E-state index in [2.05, 4.69) is 4.99 Å². The molecule has 0 unspecified atom stereocenters. The van der Waals surface area contributed by atoms with E-state index in [0.717, 1.165) is 28.9 Å². The number of carbonyl (C=O) groups excluding carboxylic acids is 1. The van der Waals surface area contributed by atoms with Crippen LogP contribution in [0.5, 0.6) is 0 Å². The maximum absolute atomic E-state index is 11.2. The first-order valence-corrected chi connectivity index (χ1v) is 6.79. The molecule has 0 radical (unpaired) electrons. The molecule has 0 spiro atoms. The SMILES string of the molecule is O=CN1CCN=C(c2ccccc2)c2cc(Cl)ccc21. The van der Waals surface area contributed by atoms with E-state index < -0.39 is 0 Å². The highest BCUT2D eigenvalue weighted by atomic mass is 35.5. The molecule has 0 aliphatic carbocycles. The molecule has 1 aliphatic heterocycles. The number of carbonyl (C=O) groups is 1. The predicted molar refractivity (Wildman–Crippen MR) is 81.8 cm³/mol. The minimum absolute atomic E-state index is 0.578. The van der Waals surface area contributed by atoms with E-state index in [0.29, 0.717) is 18.1 Å². The minimum atomic E-state index is 0.578. The van der Waals surface area contributed by atoms with Crippen molar-refractivity contribution in [3.63, 3.8) is 0 Å². The molecule has 4 heteroatoms. The second-order valence-corrected chi connectivity index (χ2v) is 4.99. The Labute approximate surface area is 122 Å². The summed E-state index contributed by atoms with van der Waals surface area (Å²) in [6.07, 6.45) is 0.843. The van der Waals surface area contributed by atoms with E-state index in [4.69, 9.17) is 11.6 Å². The van der Waals surface area contributed by atoms with Crippen molar-refractivity contribution >= 4 is 29.4 Å². The summed E-state index contributed by atoms with van der Waals surface area (Å²) in [4.78, 5) is 17.5. The lowest BCUT2D eigenvalue weighted by atomic mass is 10.0. The number of nitrogens with zero attached hydrogens (tertiary/aromatic N) is 2. The Morgan fingerprint density at radius 2 is 1.95 bits per heavy atom. The van der Waals surface area contributed by atoms with E-state index in [1.807, 2.05) is 42.5 Å². The van der Waals surface area contributed by atoms with Gasteiger partial charge in [-0.15, -0.1) is 0 Å². The zero-order valence-corrected chi connectivity index (χ0v) is 11.5. The Morgan fingerprint density at radius 3 is 2.70 bits per heavy atom. The Hall–Kier alpha value is -2.13. The van der Waals surface area contributed by atoms with Gasteiger partial charge in [0, 0.05) is 22.7 Å². The van der Waals surface area contributed by atoms with E-state index in [1.54, 1.807) is 11.0 Å². The highest BCUT2D eigenvalue weighted by Crippen LogP contribution is 2.28. The van der Waals surface area contributed by atoms with Gasteiger partial charge in [0.2, 0.25) is 6.41 Å². The monoisotopic (exact) mass is 284 g/mol. The van der Waals surface area contributed by atoms with Crippen molar-refractivity contribution in [2.75, 3.05) is 18.0 Å². The van der Waals surface area contributed by atoms with E-state index >= 15 is 0 Å². The van der Waals surface area contributed by atoms with E-state index in [-0.39, 0.29) is 0 Å². The van der Waals surface area contributed by atoms with Gasteiger partial charge < -0.3 is 4.90 Å². The average Bonchev–Trinajstić information content (AvgIpc) is 2.67. The maximum atomic E-state index is 11.2. The van der Waals surface area contributed by atoms with Crippen molar-refractivity contribution in [3.8, 4) is 0 Å². The summed E-state index contributed by atoms with van der Waals surface area (Å²) in [5.74, 6) is 0. The van der Waals surface area contributed by atoms with Crippen LogP contribution in [0.25, 0.3) is 0 Å². The Balaban J connectivity index is 2.19. The van der Waals surface area contributed by atoms with Gasteiger partial charge in [0.1, 0.15) is 0 Å². The Morgan fingerprint density at radius 1 is 1.15 bits per heavy atom. The Bertz CT molecular complexity index is 667. The average molecular weight is 285 g/mol. The molecule has 1 heterocycles. The zero-order chi connectivity index (χ0) is 13.9. The lowest BCUT2D eigenvalue weighted by molar-refractivity contribution is -0.107. The van der Waals surface area contributed by atoms with Gasteiger partial charge in [0.05, 0.1) is 17.9 Å². The number of hydrogen-bond acceptors (Lipinski definition) is 2. The first kappa shape index (κ1) is 12.9. The molecular weight excluding hydrogens is 272 g/mol. The molecule has 0 bridgehead atoms. The molecule has 1 amide bonds. The molecule has 0 saturated heterocycles. The third-order valence-electron chi connectivity index (χ3n) is 3.31. The lowest BCUT2D eigenvalue weighted by Gasteiger charge is -2.18. The third kappa shape index (κ3) is 2.32. The van der Waals surface area contributed by atoms with Crippen LogP contribution in [0, 0.1) is 0 Å². The second kappa shape index (κ2) is 5.47. The summed E-state index contributed by atoms with van der Waals surface area (Å²) < 4.78 is 0. The smallest absolute Gasteiger partial charge is 0.214 e. The molecule has 0 atom stereocenters. The number of benzodiazepines with no additional fused rings is 1. The highest BCUT2D eigenvalue weighted by Gasteiger charge is 2.19. The van der Waals surface area contributed by atoms with Crippen molar-refractivity contribution in [2.45, 2.75) is 0 Å². The van der Waals surface area contributed by atoms with Crippen LogP contribution in [0.3, 0.4) is 0 Å². The number of halogens is 1. The van der Waals surface area contributed by atoms with E-state index in [9.17, 15) is 4.79 Å². The van der Waals surface area contributed by atoms with Crippen LogP contribution in [0.4, 0.5) is 5.69 Å². The molecule has 20 heavy (non-hydrogen) atoms. The maximum Gasteiger partial charge on any atom is 0.214 e. The van der Waals surface area contributed by atoms with Gasteiger partial charge >= 0.3 is 0 Å². The van der Waals surface area contributed by atoms with Crippen LogP contribution in [-0.2, 0) is 4.79 Å². The van der Waals surface area contributed by atoms with Crippen LogP contribution in [0.2, 0.25) is 5.02 Å². The number of aliphatic imine (C=N–C) groups is 1. The van der Waals surface area contributed by atoms with Gasteiger partial charge in [-0.2, -0.15) is 0 Å². The molecule has 0 aromatic heterocycles. The van der Waals surface area contributed by atoms with Crippen LogP contribution in [0.1, 0.15) is 11.1 Å². The summed E-state index contributed by atoms with van der Waals surface area (Å²) in [6.45, 7) is 1.16. The number of anilines is 1. The molecule has 2 aromatic rings. The quantitative estimate of drug-likeness (QED) is 0.780. The number of fused-ring (bicyclic) bond motifs is 1. The van der Waals surface area contributed by atoms with Crippen molar-refractivity contribution in [1.82, 2.24) is 0 Å². The first-order chi connectivity index (χ1) is 9.79. The van der Waals surface area contributed by atoms with Gasteiger partial charge in [0.15, 0.2) is 0 Å².